The van der Waals surface area contributed by atoms with Gasteiger partial charge in [-0.2, -0.15) is 0 Å². The van der Waals surface area contributed by atoms with Crippen molar-refractivity contribution in [3.05, 3.63) is 33.8 Å². The molecule has 0 radical (unpaired) electrons. The number of carbonyl (C=O) groups is 1. The minimum Gasteiger partial charge on any atom is -0.391 e. The highest BCUT2D eigenvalue weighted by atomic mass is 35.5. The van der Waals surface area contributed by atoms with Gasteiger partial charge >= 0.3 is 0 Å². The maximum Gasteiger partial charge on any atom is 0.226 e. The van der Waals surface area contributed by atoms with E-state index in [1.54, 1.807) is 11.0 Å². The Balaban J connectivity index is 1.67. The minimum atomic E-state index is -0.370. The lowest BCUT2D eigenvalue weighted by Gasteiger charge is -2.30. The van der Waals surface area contributed by atoms with Gasteiger partial charge in [0.05, 0.1) is 6.10 Å². The molecule has 5 heteroatoms. The van der Waals surface area contributed by atoms with Gasteiger partial charge < -0.3 is 10.0 Å². The summed E-state index contributed by atoms with van der Waals surface area (Å²) >= 11 is 12.0. The van der Waals surface area contributed by atoms with Gasteiger partial charge in [0.1, 0.15) is 0 Å². The van der Waals surface area contributed by atoms with Crippen LogP contribution in [0.2, 0.25) is 10.0 Å². The predicted octanol–water partition coefficient (Wildman–Crippen LogP) is 3.08. The number of carbonyl (C=O) groups excluding carboxylic acids is 1. The lowest BCUT2D eigenvalue weighted by molar-refractivity contribution is -0.135. The van der Waals surface area contributed by atoms with Gasteiger partial charge in [-0.15, -0.1) is 0 Å². The van der Waals surface area contributed by atoms with Gasteiger partial charge in [-0.05, 0) is 48.9 Å². The second kappa shape index (κ2) is 5.55. The zero-order valence-corrected chi connectivity index (χ0v) is 12.6. The third-order valence-corrected chi connectivity index (χ3v) is 4.57. The van der Waals surface area contributed by atoms with Crippen molar-refractivity contribution < 1.29 is 9.90 Å². The molecule has 3 rings (SSSR count). The molecule has 20 heavy (non-hydrogen) atoms. The van der Waals surface area contributed by atoms with Crippen molar-refractivity contribution in [2.24, 2.45) is 5.92 Å². The Labute approximate surface area is 128 Å². The van der Waals surface area contributed by atoms with Crippen LogP contribution in [0, 0.1) is 5.92 Å². The number of rotatable bonds is 2. The molecule has 1 amide bonds. The highest BCUT2D eigenvalue weighted by Crippen LogP contribution is 2.49. The smallest absolute Gasteiger partial charge is 0.226 e. The molecule has 3 nitrogen and oxygen atoms in total. The second-order valence-corrected chi connectivity index (χ2v) is 6.60. The molecule has 2 fully saturated rings. The first-order chi connectivity index (χ1) is 9.54. The molecule has 2 aliphatic rings. The van der Waals surface area contributed by atoms with Gasteiger partial charge in [-0.25, -0.2) is 0 Å². The van der Waals surface area contributed by atoms with Crippen LogP contribution >= 0.6 is 23.2 Å². The fourth-order valence-electron chi connectivity index (χ4n) is 3.01. The Kier molecular flexibility index (Phi) is 3.93. The van der Waals surface area contributed by atoms with Crippen molar-refractivity contribution in [1.29, 1.82) is 0 Å². The van der Waals surface area contributed by atoms with Gasteiger partial charge in [0, 0.05) is 29.1 Å². The van der Waals surface area contributed by atoms with E-state index in [4.69, 9.17) is 23.2 Å². The Hall–Kier alpha value is -0.770. The number of amides is 1. The highest BCUT2D eigenvalue weighted by molar-refractivity contribution is 6.34. The fourth-order valence-corrected chi connectivity index (χ4v) is 3.56. The third kappa shape index (κ3) is 2.95. The quantitative estimate of drug-likeness (QED) is 0.911. The topological polar surface area (TPSA) is 40.5 Å². The summed E-state index contributed by atoms with van der Waals surface area (Å²) in [6.45, 7) is 1.23. The number of aliphatic hydroxyl groups excluding tert-OH is 1. The van der Waals surface area contributed by atoms with Crippen LogP contribution in [0.5, 0.6) is 0 Å². The molecule has 108 valence electrons. The zero-order chi connectivity index (χ0) is 14.3. The number of piperidine rings is 1. The maximum atomic E-state index is 12.4. The summed E-state index contributed by atoms with van der Waals surface area (Å²) in [4.78, 5) is 14.2. The predicted molar refractivity (Wildman–Crippen MR) is 79.1 cm³/mol. The van der Waals surface area contributed by atoms with Gasteiger partial charge in [0.2, 0.25) is 5.91 Å². The third-order valence-electron chi connectivity index (χ3n) is 4.13. The maximum absolute atomic E-state index is 12.4. The highest BCUT2D eigenvalue weighted by Gasteiger charge is 2.46. The Morgan fingerprint density at radius 3 is 2.60 bits per heavy atom. The van der Waals surface area contributed by atoms with E-state index < -0.39 is 0 Å². The number of aliphatic hydroxyl groups is 1. The van der Waals surface area contributed by atoms with E-state index in [-0.39, 0.29) is 23.8 Å². The summed E-state index contributed by atoms with van der Waals surface area (Å²) in [5.74, 6) is 0.400. The number of halogens is 2. The van der Waals surface area contributed by atoms with Crippen molar-refractivity contribution in [2.45, 2.75) is 31.3 Å². The lowest BCUT2D eigenvalue weighted by Crippen LogP contribution is -2.43. The number of β-amino-alcohol motifs (C(OH)–C–C–N with tert-alkyl or cyclic N) is 1. The first-order valence-electron chi connectivity index (χ1n) is 6.97. The molecule has 1 aromatic carbocycles. The minimum absolute atomic E-state index is 0.0230. The van der Waals surface area contributed by atoms with E-state index in [0.717, 1.165) is 31.4 Å². The summed E-state index contributed by atoms with van der Waals surface area (Å²) in [6.07, 6.45) is 2.16. The van der Waals surface area contributed by atoms with Crippen LogP contribution in [0.4, 0.5) is 0 Å². The number of nitrogens with zero attached hydrogens (tertiary/aromatic N) is 1. The number of hydrogen-bond acceptors (Lipinski definition) is 2. The zero-order valence-electron chi connectivity index (χ0n) is 11.1. The van der Waals surface area contributed by atoms with Crippen LogP contribution in [-0.2, 0) is 4.79 Å². The summed E-state index contributed by atoms with van der Waals surface area (Å²) < 4.78 is 0. The van der Waals surface area contributed by atoms with E-state index in [2.05, 4.69) is 0 Å². The normalized spacial score (nSPS) is 29.4. The molecule has 1 aromatic rings. The monoisotopic (exact) mass is 313 g/mol. The van der Waals surface area contributed by atoms with Crippen molar-refractivity contribution in [2.75, 3.05) is 13.1 Å². The Morgan fingerprint density at radius 1 is 1.25 bits per heavy atom. The van der Waals surface area contributed by atoms with E-state index >= 15 is 0 Å². The molecule has 0 aromatic heterocycles. The van der Waals surface area contributed by atoms with Gasteiger partial charge in [-0.3, -0.25) is 4.79 Å². The van der Waals surface area contributed by atoms with E-state index in [1.807, 2.05) is 12.1 Å². The van der Waals surface area contributed by atoms with Gasteiger partial charge in [0.15, 0.2) is 0 Å². The molecular formula is C15H17Cl2NO2. The number of benzene rings is 1. The van der Waals surface area contributed by atoms with Crippen LogP contribution in [0.25, 0.3) is 0 Å². The van der Waals surface area contributed by atoms with Crippen LogP contribution in [0.15, 0.2) is 18.2 Å². The largest absolute Gasteiger partial charge is 0.391 e. The first-order valence-corrected chi connectivity index (χ1v) is 7.73. The average Bonchev–Trinajstić information content (AvgIpc) is 3.17. The van der Waals surface area contributed by atoms with Crippen molar-refractivity contribution >= 4 is 29.1 Å². The summed E-state index contributed by atoms with van der Waals surface area (Å²) in [7, 11) is 0. The summed E-state index contributed by atoms with van der Waals surface area (Å²) in [6, 6.07) is 5.47. The number of hydrogen-bond donors (Lipinski definition) is 1. The molecule has 1 heterocycles. The van der Waals surface area contributed by atoms with Crippen LogP contribution in [0.3, 0.4) is 0 Å². The van der Waals surface area contributed by atoms with Crippen LogP contribution in [0.1, 0.15) is 30.7 Å². The van der Waals surface area contributed by atoms with Crippen molar-refractivity contribution in [3.63, 3.8) is 0 Å². The molecule has 1 aliphatic heterocycles. The second-order valence-electron chi connectivity index (χ2n) is 5.73. The van der Waals surface area contributed by atoms with E-state index in [0.29, 0.717) is 16.6 Å². The van der Waals surface area contributed by atoms with Crippen molar-refractivity contribution in [3.8, 4) is 0 Å². The van der Waals surface area contributed by atoms with Gasteiger partial charge in [-0.1, -0.05) is 23.2 Å². The fraction of sp³-hybridized carbons (Fsp3) is 0.533. The molecule has 1 aliphatic carbocycles. The summed E-state index contributed by atoms with van der Waals surface area (Å²) in [5.41, 5.74) is 1.04. The first kappa shape index (κ1) is 14.2. The molecule has 0 unspecified atom stereocenters. The Bertz CT molecular complexity index is 514. The molecular weight excluding hydrogens is 297 g/mol. The van der Waals surface area contributed by atoms with E-state index in [9.17, 15) is 9.90 Å². The SMILES string of the molecule is O=C([C@@H]1C[C@@H]1c1cc(Cl)cc(Cl)c1)N1CCC[C@@H](O)C1. The van der Waals surface area contributed by atoms with E-state index in [1.165, 1.54) is 0 Å². The van der Waals surface area contributed by atoms with Crippen LogP contribution in [-0.4, -0.2) is 35.1 Å². The standard InChI is InChI=1S/C15H17Cl2NO2/c16-10-4-9(5-11(17)6-10)13-7-14(13)15(20)18-3-1-2-12(19)8-18/h4-6,12-14,19H,1-3,7-8H2/t12-,13-,14-/m1/s1. The average molecular weight is 314 g/mol. The number of likely N-dealkylation sites (tertiary alicyclic amines) is 1. The molecule has 0 bridgehead atoms. The molecule has 1 saturated heterocycles. The molecule has 1 saturated carbocycles. The molecule has 0 spiro atoms. The summed E-state index contributed by atoms with van der Waals surface area (Å²) in [5, 5.41) is 10.9. The molecule has 1 N–H and O–H groups in total. The van der Waals surface area contributed by atoms with Crippen LogP contribution < -0.4 is 0 Å². The van der Waals surface area contributed by atoms with Crippen molar-refractivity contribution in [1.82, 2.24) is 4.90 Å². The molecule has 3 atom stereocenters. The lowest BCUT2D eigenvalue weighted by atomic mass is 10.1. The van der Waals surface area contributed by atoms with Gasteiger partial charge in [0.25, 0.3) is 0 Å². The Morgan fingerprint density at radius 2 is 1.95 bits per heavy atom.